The van der Waals surface area contributed by atoms with Crippen molar-refractivity contribution in [1.82, 2.24) is 19.9 Å². The Kier molecular flexibility index (Phi) is 5.86. The number of nitrogens with two attached hydrogens (primary N) is 2. The predicted molar refractivity (Wildman–Crippen MR) is 118 cm³/mol. The molecule has 3 rings (SSSR count). The second-order valence-electron chi connectivity index (χ2n) is 7.57. The fraction of sp³-hybridized carbons (Fsp3) is 0.273. The molecule has 156 valence electrons. The van der Waals surface area contributed by atoms with Gasteiger partial charge in [0, 0.05) is 31.2 Å². The van der Waals surface area contributed by atoms with Crippen LogP contribution in [0.15, 0.2) is 64.6 Å². The highest BCUT2D eigenvalue weighted by Gasteiger charge is 2.37. The summed E-state index contributed by atoms with van der Waals surface area (Å²) in [5, 5.41) is 8.47. The van der Waals surface area contributed by atoms with Crippen molar-refractivity contribution in [3.63, 3.8) is 0 Å². The average molecular weight is 406 g/mol. The maximum atomic E-state index is 5.75. The van der Waals surface area contributed by atoms with Crippen LogP contribution >= 0.6 is 0 Å². The highest BCUT2D eigenvalue weighted by atomic mass is 16.5. The fourth-order valence-corrected chi connectivity index (χ4v) is 3.22. The second-order valence-corrected chi connectivity index (χ2v) is 7.57. The van der Waals surface area contributed by atoms with Crippen molar-refractivity contribution in [3.05, 3.63) is 72.1 Å². The molecular weight excluding hydrogens is 378 g/mol. The molecule has 0 radical (unpaired) electrons. The summed E-state index contributed by atoms with van der Waals surface area (Å²) >= 11 is 0. The number of rotatable bonds is 7. The molecule has 8 nitrogen and oxygen atoms in total. The Morgan fingerprint density at radius 1 is 1.27 bits per heavy atom. The minimum absolute atomic E-state index is 0.215. The molecule has 0 saturated heterocycles. The minimum atomic E-state index is -0.453. The Morgan fingerprint density at radius 3 is 2.50 bits per heavy atom. The summed E-state index contributed by atoms with van der Waals surface area (Å²) in [5.74, 6) is 1.50. The zero-order chi connectivity index (χ0) is 21.9. The van der Waals surface area contributed by atoms with Gasteiger partial charge in [-0.25, -0.2) is 4.99 Å². The van der Waals surface area contributed by atoms with Gasteiger partial charge < -0.3 is 16.0 Å². The van der Waals surface area contributed by atoms with E-state index in [0.717, 1.165) is 22.4 Å². The van der Waals surface area contributed by atoms with Gasteiger partial charge in [0.25, 0.3) is 5.89 Å². The van der Waals surface area contributed by atoms with Crippen LogP contribution in [0.5, 0.6) is 0 Å². The van der Waals surface area contributed by atoms with Gasteiger partial charge in [-0.1, -0.05) is 49.8 Å². The van der Waals surface area contributed by atoms with E-state index in [1.54, 1.807) is 17.1 Å². The summed E-state index contributed by atoms with van der Waals surface area (Å²) in [6, 6.07) is 9.91. The summed E-state index contributed by atoms with van der Waals surface area (Å²) in [4.78, 5) is 8.71. The first-order chi connectivity index (χ1) is 14.3. The van der Waals surface area contributed by atoms with Crippen molar-refractivity contribution in [2.45, 2.75) is 26.2 Å². The van der Waals surface area contributed by atoms with Gasteiger partial charge in [0.15, 0.2) is 5.82 Å². The topological polar surface area (TPSA) is 121 Å². The first kappa shape index (κ1) is 21.0. The number of aliphatic imine (C=N–C) groups is 1. The van der Waals surface area contributed by atoms with Crippen LogP contribution in [0.2, 0.25) is 0 Å². The van der Waals surface area contributed by atoms with Crippen LogP contribution in [-0.2, 0) is 12.5 Å². The van der Waals surface area contributed by atoms with Crippen molar-refractivity contribution in [2.75, 3.05) is 0 Å². The maximum absolute atomic E-state index is 5.75. The minimum Gasteiger partial charge on any atom is -0.404 e. The Balaban J connectivity index is 1.98. The number of hydrogen-bond acceptors (Lipinski definition) is 7. The van der Waals surface area contributed by atoms with Crippen LogP contribution in [0.4, 0.5) is 0 Å². The molecule has 1 aromatic carbocycles. The van der Waals surface area contributed by atoms with E-state index in [0.29, 0.717) is 11.7 Å². The van der Waals surface area contributed by atoms with Crippen LogP contribution in [0.25, 0.3) is 17.2 Å². The van der Waals surface area contributed by atoms with Gasteiger partial charge in [-0.05, 0) is 30.0 Å². The van der Waals surface area contributed by atoms with Gasteiger partial charge >= 0.3 is 0 Å². The smallest absolute Gasteiger partial charge is 0.276 e. The largest absolute Gasteiger partial charge is 0.404 e. The van der Waals surface area contributed by atoms with Gasteiger partial charge in [0.1, 0.15) is 11.5 Å². The van der Waals surface area contributed by atoms with Crippen molar-refractivity contribution < 1.29 is 4.52 Å². The second kappa shape index (κ2) is 8.36. The lowest BCUT2D eigenvalue weighted by molar-refractivity contribution is 0.350. The standard InChI is InChI=1S/C22H27N7O/c1-14(2)22(4,21-27-20(30-28-21)19-10-11-26-29(19)5)18-8-6-16(7-9-18)17(12-23)13-25-15(3)24/h6-14H,3,23-24H2,1-2,4-5H3/b17-12+,25-13-/t22-/m0/s1. The van der Waals surface area contributed by atoms with Crippen molar-refractivity contribution in [1.29, 1.82) is 0 Å². The van der Waals surface area contributed by atoms with Gasteiger partial charge in [-0.2, -0.15) is 10.1 Å². The average Bonchev–Trinajstić information content (AvgIpc) is 3.37. The first-order valence-corrected chi connectivity index (χ1v) is 9.61. The Bertz CT molecular complexity index is 1090. The molecule has 8 heteroatoms. The molecule has 0 amide bonds. The molecule has 0 aliphatic heterocycles. The van der Waals surface area contributed by atoms with E-state index in [9.17, 15) is 0 Å². The number of benzene rings is 1. The van der Waals surface area contributed by atoms with Crippen LogP contribution in [0, 0.1) is 5.92 Å². The Hall–Kier alpha value is -3.68. The van der Waals surface area contributed by atoms with Gasteiger partial charge in [-0.15, -0.1) is 0 Å². The Labute approximate surface area is 176 Å². The molecule has 3 aromatic rings. The van der Waals surface area contributed by atoms with E-state index >= 15 is 0 Å². The van der Waals surface area contributed by atoms with E-state index in [1.165, 1.54) is 6.20 Å². The van der Waals surface area contributed by atoms with E-state index < -0.39 is 5.41 Å². The molecule has 2 heterocycles. The number of aryl methyl sites for hydroxylation is 1. The van der Waals surface area contributed by atoms with Gasteiger partial charge in [0.2, 0.25) is 0 Å². The third kappa shape index (κ3) is 3.89. The van der Waals surface area contributed by atoms with Crippen molar-refractivity contribution >= 4 is 11.8 Å². The molecule has 30 heavy (non-hydrogen) atoms. The van der Waals surface area contributed by atoms with E-state index in [1.807, 2.05) is 37.4 Å². The maximum Gasteiger partial charge on any atom is 0.276 e. The molecule has 1 atom stereocenters. The first-order valence-electron chi connectivity index (χ1n) is 9.61. The zero-order valence-electron chi connectivity index (χ0n) is 17.7. The SMILES string of the molecule is C=C(N)/N=C\C(=C/N)c1ccc([C@@](C)(c2noc(-c3ccnn3C)n2)C(C)C)cc1. The lowest BCUT2D eigenvalue weighted by Gasteiger charge is -2.31. The third-order valence-corrected chi connectivity index (χ3v) is 5.45. The van der Waals surface area contributed by atoms with Crippen molar-refractivity contribution in [3.8, 4) is 11.6 Å². The van der Waals surface area contributed by atoms with Crippen molar-refractivity contribution in [2.24, 2.45) is 29.4 Å². The molecule has 4 N–H and O–H groups in total. The van der Waals surface area contributed by atoms with E-state index in [4.69, 9.17) is 21.0 Å². The molecule has 0 bridgehead atoms. The quantitative estimate of drug-likeness (QED) is 0.582. The fourth-order valence-electron chi connectivity index (χ4n) is 3.22. The highest BCUT2D eigenvalue weighted by molar-refractivity contribution is 6.09. The molecule has 2 aromatic heterocycles. The van der Waals surface area contributed by atoms with Crippen LogP contribution in [-0.4, -0.2) is 26.1 Å². The lowest BCUT2D eigenvalue weighted by Crippen LogP contribution is -2.31. The Morgan fingerprint density at radius 2 is 1.97 bits per heavy atom. The normalized spacial score (nSPS) is 14.4. The molecule has 0 aliphatic rings. The molecule has 0 fully saturated rings. The lowest BCUT2D eigenvalue weighted by atomic mass is 9.72. The van der Waals surface area contributed by atoms with Crippen LogP contribution in [0.1, 0.15) is 37.7 Å². The number of hydrogen-bond donors (Lipinski definition) is 2. The van der Waals surface area contributed by atoms with E-state index in [-0.39, 0.29) is 11.7 Å². The van der Waals surface area contributed by atoms with E-state index in [2.05, 4.69) is 42.6 Å². The molecule has 0 aliphatic carbocycles. The van der Waals surface area contributed by atoms with Gasteiger partial charge in [-0.3, -0.25) is 4.68 Å². The monoisotopic (exact) mass is 405 g/mol. The summed E-state index contributed by atoms with van der Waals surface area (Å²) < 4.78 is 7.26. The molecule has 0 spiro atoms. The number of aromatic nitrogens is 4. The summed E-state index contributed by atoms with van der Waals surface area (Å²) in [6.07, 6.45) is 4.78. The molecule has 0 unspecified atom stereocenters. The number of nitrogens with zero attached hydrogens (tertiary/aromatic N) is 5. The summed E-state index contributed by atoms with van der Waals surface area (Å²) in [7, 11) is 1.84. The zero-order valence-corrected chi connectivity index (χ0v) is 17.7. The van der Waals surface area contributed by atoms with Gasteiger partial charge in [0.05, 0.1) is 5.41 Å². The summed E-state index contributed by atoms with van der Waals surface area (Å²) in [6.45, 7) is 9.95. The predicted octanol–water partition coefficient (Wildman–Crippen LogP) is 3.23. The number of allylic oxidation sites excluding steroid dienone is 1. The summed E-state index contributed by atoms with van der Waals surface area (Å²) in [5.41, 5.74) is 14.3. The molecule has 0 saturated carbocycles. The van der Waals surface area contributed by atoms with Crippen LogP contribution in [0.3, 0.4) is 0 Å². The third-order valence-electron chi connectivity index (χ3n) is 5.45. The van der Waals surface area contributed by atoms with Crippen LogP contribution < -0.4 is 11.5 Å². The molecular formula is C22H27N7O. The highest BCUT2D eigenvalue weighted by Crippen LogP contribution is 2.38.